The van der Waals surface area contributed by atoms with Gasteiger partial charge in [0.25, 0.3) is 0 Å². The Labute approximate surface area is 213 Å². The maximum Gasteiger partial charge on any atom is 0.328 e. The molecule has 0 saturated carbocycles. The molecule has 190 valence electrons. The minimum Gasteiger partial charge on any atom is -0.489 e. The van der Waals surface area contributed by atoms with Crippen LogP contribution in [0, 0.1) is 0 Å². The number of hydrogen-bond donors (Lipinski definition) is 3. The van der Waals surface area contributed by atoms with Crippen LogP contribution in [0.1, 0.15) is 31.7 Å². The van der Waals surface area contributed by atoms with E-state index >= 15 is 0 Å². The summed E-state index contributed by atoms with van der Waals surface area (Å²) in [6, 6.07) is 6.85. The molecule has 1 fully saturated rings. The van der Waals surface area contributed by atoms with Gasteiger partial charge < -0.3 is 20.5 Å². The topological polar surface area (TPSA) is 93.9 Å². The van der Waals surface area contributed by atoms with Crippen molar-refractivity contribution in [3.8, 4) is 5.75 Å². The minimum absolute atomic E-state index is 0.136. The van der Waals surface area contributed by atoms with Gasteiger partial charge in [-0.05, 0) is 36.5 Å². The number of esters is 1. The average Bonchev–Trinajstić information content (AvgIpc) is 3.24. The molecule has 1 aliphatic heterocycles. The third-order valence-electron chi connectivity index (χ3n) is 5.80. The monoisotopic (exact) mass is 509 g/mol. The lowest BCUT2D eigenvalue weighted by atomic mass is 10.1. The van der Waals surface area contributed by atoms with Crippen LogP contribution in [0.4, 0.5) is 0 Å². The highest BCUT2D eigenvalue weighted by atomic mass is 32.2. The first-order chi connectivity index (χ1) is 16.4. The van der Waals surface area contributed by atoms with Crippen molar-refractivity contribution < 1.29 is 19.1 Å². The number of methoxy groups -OCH3 is 1. The van der Waals surface area contributed by atoms with E-state index in [0.29, 0.717) is 31.7 Å². The first-order valence-electron chi connectivity index (χ1n) is 11.8. The molecule has 1 amide bonds. The summed E-state index contributed by atoms with van der Waals surface area (Å²) in [7, 11) is 1.34. The third kappa shape index (κ3) is 8.83. The van der Waals surface area contributed by atoms with Gasteiger partial charge in [0.1, 0.15) is 17.9 Å². The predicted molar refractivity (Wildman–Crippen MR) is 143 cm³/mol. The zero-order valence-corrected chi connectivity index (χ0v) is 22.2. The standard InChI is InChI=1S/C25H39N3O4S2/c1-4-8-18-9-5-6-11-23(18)32-20-15-22(28(16-20)13-7-10-19(26)17-33)24(29)27-21(12-14-34-3)25(30)31-2/h5-7,9-11,19-22,33H,4,8,12-17,26H2,1-3H3,(H,27,29)/b10-7+/t19-,20+,21+,22+/m1/s1. The predicted octanol–water partition coefficient (Wildman–Crippen LogP) is 2.69. The number of rotatable bonds is 14. The van der Waals surface area contributed by atoms with Gasteiger partial charge in [-0.15, -0.1) is 0 Å². The molecule has 34 heavy (non-hydrogen) atoms. The second-order valence-electron chi connectivity index (χ2n) is 8.44. The zero-order valence-electron chi connectivity index (χ0n) is 20.4. The Morgan fingerprint density at radius 3 is 2.82 bits per heavy atom. The number of amides is 1. The van der Waals surface area contributed by atoms with E-state index in [0.717, 1.165) is 24.3 Å². The lowest BCUT2D eigenvalue weighted by molar-refractivity contribution is -0.145. The Bertz CT molecular complexity index is 808. The number of carbonyl (C=O) groups excluding carboxylic acids is 2. The number of carbonyl (C=O) groups is 2. The zero-order chi connectivity index (χ0) is 24.9. The molecule has 1 heterocycles. The highest BCUT2D eigenvalue weighted by Gasteiger charge is 2.39. The van der Waals surface area contributed by atoms with Gasteiger partial charge in [0.05, 0.1) is 13.2 Å². The third-order valence-corrected chi connectivity index (χ3v) is 6.87. The van der Waals surface area contributed by atoms with Crippen LogP contribution in [0.25, 0.3) is 0 Å². The number of benzene rings is 1. The fraction of sp³-hybridized carbons (Fsp3) is 0.600. The molecule has 0 bridgehead atoms. The molecule has 1 aliphatic rings. The summed E-state index contributed by atoms with van der Waals surface area (Å²) < 4.78 is 11.3. The van der Waals surface area contributed by atoms with E-state index in [1.165, 1.54) is 12.7 Å². The first-order valence-corrected chi connectivity index (χ1v) is 13.8. The van der Waals surface area contributed by atoms with E-state index in [2.05, 4.69) is 35.8 Å². The number of ether oxygens (including phenoxy) is 2. The number of thioether (sulfide) groups is 1. The number of nitrogens with zero attached hydrogens (tertiary/aromatic N) is 1. The SMILES string of the molecule is CCCc1ccccc1O[C@H]1C[C@@H](C(=O)N[C@@H](CCSC)C(=O)OC)N(C/C=C/[C@@H](N)CS)C1. The Hall–Kier alpha value is -1.68. The molecule has 0 aliphatic carbocycles. The number of likely N-dealkylation sites (tertiary alicyclic amines) is 1. The second-order valence-corrected chi connectivity index (χ2v) is 9.79. The van der Waals surface area contributed by atoms with Crippen molar-refractivity contribution in [3.63, 3.8) is 0 Å². The van der Waals surface area contributed by atoms with Gasteiger partial charge in [0.15, 0.2) is 0 Å². The van der Waals surface area contributed by atoms with Gasteiger partial charge in [-0.3, -0.25) is 9.69 Å². The van der Waals surface area contributed by atoms with Gasteiger partial charge in [-0.2, -0.15) is 24.4 Å². The molecule has 3 N–H and O–H groups in total. The van der Waals surface area contributed by atoms with Crippen LogP contribution in [0.3, 0.4) is 0 Å². The van der Waals surface area contributed by atoms with Crippen molar-refractivity contribution >= 4 is 36.3 Å². The highest BCUT2D eigenvalue weighted by molar-refractivity contribution is 7.98. The fourth-order valence-corrected chi connectivity index (χ4v) is 4.62. The Morgan fingerprint density at radius 2 is 2.15 bits per heavy atom. The van der Waals surface area contributed by atoms with Crippen molar-refractivity contribution in [2.75, 3.05) is 38.0 Å². The summed E-state index contributed by atoms with van der Waals surface area (Å²) >= 11 is 5.84. The van der Waals surface area contributed by atoms with E-state index in [9.17, 15) is 9.59 Å². The van der Waals surface area contributed by atoms with Crippen molar-refractivity contribution in [2.45, 2.75) is 56.8 Å². The summed E-state index contributed by atoms with van der Waals surface area (Å²) in [5.74, 6) is 1.56. The quantitative estimate of drug-likeness (QED) is 0.202. The van der Waals surface area contributed by atoms with Crippen LogP contribution >= 0.6 is 24.4 Å². The Balaban J connectivity index is 2.15. The summed E-state index contributed by atoms with van der Waals surface area (Å²) in [6.45, 7) is 3.31. The van der Waals surface area contributed by atoms with Gasteiger partial charge in [0, 0.05) is 31.3 Å². The molecule has 1 aromatic carbocycles. The fourth-order valence-electron chi connectivity index (χ4n) is 4.02. The van der Waals surface area contributed by atoms with Crippen LogP contribution in [0.15, 0.2) is 36.4 Å². The molecule has 1 aromatic rings. The molecular formula is C25H39N3O4S2. The summed E-state index contributed by atoms with van der Waals surface area (Å²) in [6.07, 6.45) is 8.74. The van der Waals surface area contributed by atoms with Crippen LogP contribution in [0.2, 0.25) is 0 Å². The largest absolute Gasteiger partial charge is 0.489 e. The minimum atomic E-state index is -0.662. The smallest absolute Gasteiger partial charge is 0.328 e. The number of nitrogens with two attached hydrogens (primary N) is 1. The highest BCUT2D eigenvalue weighted by Crippen LogP contribution is 2.27. The molecule has 0 radical (unpaired) electrons. The van der Waals surface area contributed by atoms with E-state index in [4.69, 9.17) is 15.2 Å². The van der Waals surface area contributed by atoms with Crippen LogP contribution < -0.4 is 15.8 Å². The molecule has 0 aromatic heterocycles. The molecule has 2 rings (SSSR count). The summed E-state index contributed by atoms with van der Waals surface area (Å²) in [5.41, 5.74) is 7.12. The lowest BCUT2D eigenvalue weighted by Crippen LogP contribution is -2.50. The number of thiol groups is 1. The Morgan fingerprint density at radius 1 is 1.38 bits per heavy atom. The van der Waals surface area contributed by atoms with Crippen LogP contribution in [0.5, 0.6) is 5.75 Å². The van der Waals surface area contributed by atoms with E-state index in [1.807, 2.05) is 36.6 Å². The van der Waals surface area contributed by atoms with Gasteiger partial charge in [-0.1, -0.05) is 43.7 Å². The van der Waals surface area contributed by atoms with Crippen molar-refractivity contribution in [2.24, 2.45) is 5.73 Å². The number of hydrogen-bond acceptors (Lipinski definition) is 8. The molecular weight excluding hydrogens is 470 g/mol. The van der Waals surface area contributed by atoms with Crippen molar-refractivity contribution in [1.29, 1.82) is 0 Å². The van der Waals surface area contributed by atoms with E-state index in [1.54, 1.807) is 11.8 Å². The van der Waals surface area contributed by atoms with Crippen molar-refractivity contribution in [3.05, 3.63) is 42.0 Å². The van der Waals surface area contributed by atoms with Crippen LogP contribution in [-0.4, -0.2) is 79.0 Å². The Kier molecular flexibility index (Phi) is 12.9. The lowest BCUT2D eigenvalue weighted by Gasteiger charge is -2.24. The van der Waals surface area contributed by atoms with Crippen molar-refractivity contribution in [1.82, 2.24) is 10.2 Å². The van der Waals surface area contributed by atoms with E-state index < -0.39 is 18.1 Å². The van der Waals surface area contributed by atoms with Gasteiger partial charge in [0.2, 0.25) is 5.91 Å². The maximum atomic E-state index is 13.3. The van der Waals surface area contributed by atoms with Crippen LogP contribution in [-0.2, 0) is 20.7 Å². The molecule has 7 nitrogen and oxygen atoms in total. The molecule has 4 atom stereocenters. The first kappa shape index (κ1) is 28.6. The number of para-hydroxylation sites is 1. The number of aryl methyl sites for hydroxylation is 1. The molecule has 0 spiro atoms. The second kappa shape index (κ2) is 15.3. The summed E-state index contributed by atoms with van der Waals surface area (Å²) in [4.78, 5) is 27.6. The van der Waals surface area contributed by atoms with Gasteiger partial charge >= 0.3 is 5.97 Å². The molecule has 1 saturated heterocycles. The van der Waals surface area contributed by atoms with Gasteiger partial charge in [-0.25, -0.2) is 4.79 Å². The summed E-state index contributed by atoms with van der Waals surface area (Å²) in [5, 5.41) is 2.92. The van der Waals surface area contributed by atoms with E-state index in [-0.39, 0.29) is 18.1 Å². The average molecular weight is 510 g/mol. The maximum absolute atomic E-state index is 13.3. The number of nitrogens with one attached hydrogen (secondary N) is 1. The molecule has 9 heteroatoms. The molecule has 0 unspecified atom stereocenters. The normalized spacial score (nSPS) is 20.3.